The second kappa shape index (κ2) is 10.8. The highest BCUT2D eigenvalue weighted by molar-refractivity contribution is 6.22. The van der Waals surface area contributed by atoms with Crippen LogP contribution in [-0.4, -0.2) is 9.55 Å². The van der Waals surface area contributed by atoms with Crippen molar-refractivity contribution in [3.05, 3.63) is 170 Å². The van der Waals surface area contributed by atoms with Crippen molar-refractivity contribution in [1.29, 1.82) is 0 Å². The second-order valence-electron chi connectivity index (χ2n) is 12.5. The number of aromatic nitrogens is 2. The van der Waals surface area contributed by atoms with E-state index in [1.807, 2.05) is 54.6 Å². The minimum Gasteiger partial charge on any atom is -0.456 e. The third-order valence-electron chi connectivity index (χ3n) is 9.75. The lowest BCUT2D eigenvalue weighted by Gasteiger charge is -2.19. The Morgan fingerprint density at radius 1 is 0.469 bits per heavy atom. The van der Waals surface area contributed by atoms with Crippen LogP contribution in [0.25, 0.3) is 93.6 Å². The van der Waals surface area contributed by atoms with E-state index in [1.54, 1.807) is 4.57 Å². The molecule has 0 unspecified atom stereocenters. The molecule has 0 saturated heterocycles. The van der Waals surface area contributed by atoms with Gasteiger partial charge in [0, 0.05) is 20.6 Å². The molecule has 2 heterocycles. The molecule has 3 nitrogen and oxygen atoms in total. The molecule has 230 valence electrons. The standard InChI is InChI=1S/C46H30N2O/c1-29-47-41-19-8-9-20-42(41)48(29)34-15-11-14-32(26-34)45-36-17-5-6-18-37(36)46(40-27-31(22-24-38(40)45)30-12-3-2-4-13-30)33-23-25-44-39(28-33)35-16-7-10-21-43(35)49-44/h2-28H,1H3/i1D3. The number of para-hydroxylation sites is 3. The van der Waals surface area contributed by atoms with E-state index in [0.29, 0.717) is 5.52 Å². The van der Waals surface area contributed by atoms with Crippen molar-refractivity contribution in [3.63, 3.8) is 0 Å². The topological polar surface area (TPSA) is 31.0 Å². The predicted molar refractivity (Wildman–Crippen MR) is 204 cm³/mol. The number of rotatable bonds is 4. The third-order valence-corrected chi connectivity index (χ3v) is 9.75. The fourth-order valence-corrected chi connectivity index (χ4v) is 7.58. The fourth-order valence-electron chi connectivity index (χ4n) is 7.58. The summed E-state index contributed by atoms with van der Waals surface area (Å²) < 4.78 is 33.1. The summed E-state index contributed by atoms with van der Waals surface area (Å²) in [7, 11) is 0. The van der Waals surface area contributed by atoms with E-state index < -0.39 is 6.85 Å². The highest BCUT2D eigenvalue weighted by Gasteiger charge is 2.19. The first kappa shape index (κ1) is 24.7. The molecule has 0 N–H and O–H groups in total. The number of furan rings is 1. The molecule has 0 aliphatic rings. The van der Waals surface area contributed by atoms with Crippen LogP contribution in [0.15, 0.2) is 168 Å². The average molecular weight is 630 g/mol. The molecule has 0 atom stereocenters. The third kappa shape index (κ3) is 4.33. The average Bonchev–Trinajstić information content (AvgIpc) is 3.76. The molecule has 2 aromatic heterocycles. The molecule has 3 heteroatoms. The largest absolute Gasteiger partial charge is 0.456 e. The van der Waals surface area contributed by atoms with E-state index in [2.05, 4.69) is 114 Å². The van der Waals surface area contributed by atoms with Gasteiger partial charge in [-0.2, -0.15) is 0 Å². The molecule has 8 aromatic carbocycles. The molecule has 0 spiro atoms. The summed E-state index contributed by atoms with van der Waals surface area (Å²) in [6.45, 7) is -2.40. The molecule has 0 fully saturated rings. The van der Waals surface area contributed by atoms with Crippen LogP contribution < -0.4 is 0 Å². The normalized spacial score (nSPS) is 12.9. The number of benzene rings is 8. The Balaban J connectivity index is 1.28. The molecule has 0 saturated carbocycles. The Bertz CT molecular complexity index is 3010. The fraction of sp³-hybridized carbons (Fsp3) is 0.0217. The molecule has 0 aliphatic heterocycles. The van der Waals surface area contributed by atoms with Gasteiger partial charge in [0.05, 0.1) is 11.0 Å². The van der Waals surface area contributed by atoms with Crippen molar-refractivity contribution >= 4 is 54.5 Å². The molecule has 10 aromatic rings. The molecular formula is C46H30N2O. The van der Waals surface area contributed by atoms with Crippen molar-refractivity contribution in [3.8, 4) is 39.1 Å². The zero-order chi connectivity index (χ0) is 35.0. The molecule has 0 radical (unpaired) electrons. The number of hydrogen-bond acceptors (Lipinski definition) is 2. The predicted octanol–water partition coefficient (Wildman–Crippen LogP) is 12.5. The van der Waals surface area contributed by atoms with Gasteiger partial charge in [-0.1, -0.05) is 115 Å². The lowest BCUT2D eigenvalue weighted by atomic mass is 9.84. The van der Waals surface area contributed by atoms with Crippen molar-refractivity contribution in [2.75, 3.05) is 0 Å². The minimum absolute atomic E-state index is 0.0468. The van der Waals surface area contributed by atoms with Gasteiger partial charge >= 0.3 is 0 Å². The van der Waals surface area contributed by atoms with Crippen molar-refractivity contribution in [2.45, 2.75) is 6.85 Å². The lowest BCUT2D eigenvalue weighted by Crippen LogP contribution is -1.98. The number of aryl methyl sites for hydroxylation is 1. The molecule has 0 aliphatic carbocycles. The minimum atomic E-state index is -2.40. The van der Waals surface area contributed by atoms with Gasteiger partial charge in [0.2, 0.25) is 0 Å². The lowest BCUT2D eigenvalue weighted by molar-refractivity contribution is 0.669. The molecule has 0 bridgehead atoms. The van der Waals surface area contributed by atoms with Crippen molar-refractivity contribution in [2.24, 2.45) is 0 Å². The second-order valence-corrected chi connectivity index (χ2v) is 12.5. The summed E-state index contributed by atoms with van der Waals surface area (Å²) in [6, 6.07) is 56.3. The highest BCUT2D eigenvalue weighted by Crippen LogP contribution is 2.46. The first-order chi connectivity index (χ1) is 25.4. The quantitative estimate of drug-likeness (QED) is 0.181. The maximum absolute atomic E-state index is 8.35. The van der Waals surface area contributed by atoms with Crippen LogP contribution >= 0.6 is 0 Å². The summed E-state index contributed by atoms with van der Waals surface area (Å²) in [5.41, 5.74) is 10.5. The van der Waals surface area contributed by atoms with E-state index in [4.69, 9.17) is 8.53 Å². The zero-order valence-corrected chi connectivity index (χ0v) is 26.4. The van der Waals surface area contributed by atoms with Crippen LogP contribution in [0.1, 0.15) is 9.94 Å². The van der Waals surface area contributed by atoms with E-state index in [1.165, 1.54) is 0 Å². The van der Waals surface area contributed by atoms with Gasteiger partial charge in [-0.15, -0.1) is 0 Å². The van der Waals surface area contributed by atoms with Crippen LogP contribution in [0.4, 0.5) is 0 Å². The maximum Gasteiger partial charge on any atom is 0.135 e. The smallest absolute Gasteiger partial charge is 0.135 e. The Morgan fingerprint density at radius 2 is 1.10 bits per heavy atom. The first-order valence-corrected chi connectivity index (χ1v) is 16.5. The monoisotopic (exact) mass is 629 g/mol. The molecule has 0 amide bonds. The van der Waals surface area contributed by atoms with Crippen molar-refractivity contribution in [1.82, 2.24) is 9.55 Å². The maximum atomic E-state index is 8.35. The summed E-state index contributed by atoms with van der Waals surface area (Å²) in [6.07, 6.45) is 0. The van der Waals surface area contributed by atoms with E-state index in [9.17, 15) is 0 Å². The Kier molecular flexibility index (Phi) is 5.44. The van der Waals surface area contributed by atoms with Crippen LogP contribution in [0, 0.1) is 6.85 Å². The Labute approximate surface area is 287 Å². The number of imidazole rings is 1. The van der Waals surface area contributed by atoms with Gasteiger partial charge in [-0.3, -0.25) is 4.57 Å². The van der Waals surface area contributed by atoms with Gasteiger partial charge in [0.25, 0.3) is 0 Å². The summed E-state index contributed by atoms with van der Waals surface area (Å²) in [5.74, 6) is 0.0468. The Hall–Kier alpha value is -6.45. The van der Waals surface area contributed by atoms with E-state index >= 15 is 0 Å². The molecular weight excluding hydrogens is 597 g/mol. The SMILES string of the molecule is [2H]C([2H])([2H])c1nc2ccccc2n1-c1cccc(-c2c3ccccc3c(-c3ccc4oc5ccccc5c4c3)c3cc(-c4ccccc4)ccc23)c1. The van der Waals surface area contributed by atoms with Crippen LogP contribution in [-0.2, 0) is 0 Å². The highest BCUT2D eigenvalue weighted by atomic mass is 16.3. The van der Waals surface area contributed by atoms with Crippen LogP contribution in [0.2, 0.25) is 0 Å². The van der Waals surface area contributed by atoms with Gasteiger partial charge in [0.15, 0.2) is 0 Å². The summed E-state index contributed by atoms with van der Waals surface area (Å²) >= 11 is 0. The summed E-state index contributed by atoms with van der Waals surface area (Å²) in [5, 5.41) is 6.65. The Morgan fingerprint density at radius 3 is 1.96 bits per heavy atom. The van der Waals surface area contributed by atoms with Gasteiger partial charge < -0.3 is 4.42 Å². The number of fused-ring (bicyclic) bond motifs is 6. The first-order valence-electron chi connectivity index (χ1n) is 18.0. The molecule has 10 rings (SSSR count). The van der Waals surface area contributed by atoms with E-state index in [-0.39, 0.29) is 5.82 Å². The number of hydrogen-bond donors (Lipinski definition) is 0. The zero-order valence-electron chi connectivity index (χ0n) is 29.4. The van der Waals surface area contributed by atoms with Gasteiger partial charge in [0.1, 0.15) is 17.0 Å². The van der Waals surface area contributed by atoms with Crippen LogP contribution in [0.5, 0.6) is 0 Å². The van der Waals surface area contributed by atoms with E-state index in [0.717, 1.165) is 88.1 Å². The van der Waals surface area contributed by atoms with Gasteiger partial charge in [-0.25, -0.2) is 4.98 Å². The van der Waals surface area contributed by atoms with Gasteiger partial charge in [-0.05, 0) is 110 Å². The molecule has 49 heavy (non-hydrogen) atoms. The van der Waals surface area contributed by atoms with Crippen molar-refractivity contribution < 1.29 is 8.53 Å². The summed E-state index contributed by atoms with van der Waals surface area (Å²) in [4.78, 5) is 4.58. The van der Waals surface area contributed by atoms with Crippen LogP contribution in [0.3, 0.4) is 0 Å². The number of nitrogens with zero attached hydrogens (tertiary/aromatic N) is 2.